The molecule has 150 valence electrons. The molecule has 2 unspecified atom stereocenters. The van der Waals surface area contributed by atoms with E-state index in [9.17, 15) is 15.2 Å². The van der Waals surface area contributed by atoms with E-state index in [-0.39, 0.29) is 16.9 Å². The fourth-order valence-electron chi connectivity index (χ4n) is 5.19. The molecule has 1 aliphatic heterocycles. The first-order valence-electron chi connectivity index (χ1n) is 10.5. The fourth-order valence-corrected chi connectivity index (χ4v) is 5.19. The van der Waals surface area contributed by atoms with Crippen molar-refractivity contribution < 1.29 is 9.90 Å². The summed E-state index contributed by atoms with van der Waals surface area (Å²) in [5.41, 5.74) is 4.11. The monoisotopic (exact) mass is 388 g/mol. The average Bonchev–Trinajstić information content (AvgIpc) is 2.73. The van der Waals surface area contributed by atoms with Gasteiger partial charge in [0.25, 0.3) is 0 Å². The molecule has 4 nitrogen and oxygen atoms in total. The number of fused-ring (bicyclic) bond motifs is 1. The second-order valence-corrected chi connectivity index (χ2v) is 9.03. The van der Waals surface area contributed by atoms with Crippen molar-refractivity contribution in [1.29, 1.82) is 5.26 Å². The van der Waals surface area contributed by atoms with Crippen LogP contribution in [0.5, 0.6) is 0 Å². The summed E-state index contributed by atoms with van der Waals surface area (Å²) >= 11 is 0. The molecule has 2 fully saturated rings. The first-order chi connectivity index (χ1) is 13.9. The first kappa shape index (κ1) is 19.5. The highest BCUT2D eigenvalue weighted by Crippen LogP contribution is 2.61. The van der Waals surface area contributed by atoms with Gasteiger partial charge in [0.1, 0.15) is 11.6 Å². The van der Waals surface area contributed by atoms with Crippen LogP contribution in [0, 0.1) is 28.6 Å². The highest BCUT2D eigenvalue weighted by Gasteiger charge is 2.53. The molecule has 1 saturated heterocycles. The largest absolute Gasteiger partial charge is 0.477 e. The molecule has 1 N–H and O–H groups in total. The van der Waals surface area contributed by atoms with E-state index in [1.165, 1.54) is 24.9 Å². The second kappa shape index (κ2) is 7.55. The van der Waals surface area contributed by atoms with Crippen LogP contribution in [0.2, 0.25) is 0 Å². The number of carboxylic acid groups (broad SMARTS) is 1. The van der Waals surface area contributed by atoms with Gasteiger partial charge in [0, 0.05) is 18.8 Å². The molecule has 1 heterocycles. The number of carbonyl (C=O) groups is 1. The van der Waals surface area contributed by atoms with Crippen molar-refractivity contribution in [3.05, 3.63) is 58.7 Å². The summed E-state index contributed by atoms with van der Waals surface area (Å²) in [6.07, 6.45) is 10.9. The number of allylic oxidation sites excluding steroid dienone is 4. The predicted molar refractivity (Wildman–Crippen MR) is 115 cm³/mol. The molecule has 4 aliphatic rings. The van der Waals surface area contributed by atoms with E-state index in [0.29, 0.717) is 11.5 Å². The highest BCUT2D eigenvalue weighted by atomic mass is 16.4. The molecule has 0 amide bonds. The minimum absolute atomic E-state index is 0.0145. The Labute approximate surface area is 172 Å². The summed E-state index contributed by atoms with van der Waals surface area (Å²) in [5, 5.41) is 18.8. The molecule has 0 aromatic heterocycles. The molecule has 1 aromatic rings. The molecular formula is C25H28N2O2. The minimum atomic E-state index is -1.13. The zero-order valence-electron chi connectivity index (χ0n) is 17.2. The number of rotatable bonds is 4. The number of hydrogen-bond donors (Lipinski definition) is 1. The molecule has 1 saturated carbocycles. The van der Waals surface area contributed by atoms with E-state index in [2.05, 4.69) is 55.2 Å². The number of hydrogen-bond acceptors (Lipinski definition) is 3. The lowest BCUT2D eigenvalue weighted by atomic mass is 9.47. The minimum Gasteiger partial charge on any atom is -0.477 e. The number of benzene rings is 1. The van der Waals surface area contributed by atoms with Crippen LogP contribution in [-0.4, -0.2) is 24.2 Å². The topological polar surface area (TPSA) is 64.3 Å². The Kier molecular flexibility index (Phi) is 5.08. The number of piperidine rings is 1. The summed E-state index contributed by atoms with van der Waals surface area (Å²) in [6, 6.07) is 10.6. The predicted octanol–water partition coefficient (Wildman–Crippen LogP) is 5.20. The fraction of sp³-hybridized carbons (Fsp3) is 0.440. The lowest BCUT2D eigenvalue weighted by Crippen LogP contribution is -2.49. The second-order valence-electron chi connectivity index (χ2n) is 9.03. The molecule has 2 atom stereocenters. The maximum Gasteiger partial charge on any atom is 0.346 e. The number of carboxylic acids is 1. The van der Waals surface area contributed by atoms with Gasteiger partial charge in [0.15, 0.2) is 0 Å². The van der Waals surface area contributed by atoms with Crippen LogP contribution < -0.4 is 4.90 Å². The third-order valence-electron chi connectivity index (χ3n) is 7.06. The molecule has 3 aliphatic carbocycles. The maximum absolute atomic E-state index is 11.5. The summed E-state index contributed by atoms with van der Waals surface area (Å²) in [6.45, 7) is 6.63. The van der Waals surface area contributed by atoms with Gasteiger partial charge in [-0.25, -0.2) is 4.79 Å². The van der Waals surface area contributed by atoms with Gasteiger partial charge in [-0.05, 0) is 71.8 Å². The first-order valence-corrected chi connectivity index (χ1v) is 10.5. The van der Waals surface area contributed by atoms with Gasteiger partial charge in [-0.15, -0.1) is 0 Å². The van der Waals surface area contributed by atoms with Crippen molar-refractivity contribution in [2.75, 3.05) is 18.0 Å². The number of anilines is 1. The van der Waals surface area contributed by atoms with Crippen molar-refractivity contribution >= 4 is 17.7 Å². The van der Waals surface area contributed by atoms with Crippen molar-refractivity contribution in [2.24, 2.45) is 17.3 Å². The molecule has 2 bridgehead atoms. The molecule has 4 heteroatoms. The molecular weight excluding hydrogens is 360 g/mol. The normalized spacial score (nSPS) is 27.1. The van der Waals surface area contributed by atoms with Gasteiger partial charge in [-0.2, -0.15) is 5.26 Å². The molecule has 0 spiro atoms. The Morgan fingerprint density at radius 3 is 2.41 bits per heavy atom. The van der Waals surface area contributed by atoms with Gasteiger partial charge in [0.05, 0.1) is 0 Å². The van der Waals surface area contributed by atoms with Crippen molar-refractivity contribution in [1.82, 2.24) is 0 Å². The molecule has 29 heavy (non-hydrogen) atoms. The lowest BCUT2D eigenvalue weighted by Gasteiger charge is -2.57. The van der Waals surface area contributed by atoms with Crippen LogP contribution in [-0.2, 0) is 4.79 Å². The average molecular weight is 389 g/mol. The Morgan fingerprint density at radius 2 is 1.83 bits per heavy atom. The van der Waals surface area contributed by atoms with Crippen LogP contribution in [0.1, 0.15) is 45.1 Å². The number of aliphatic carboxylic acids is 1. The van der Waals surface area contributed by atoms with Gasteiger partial charge in [-0.3, -0.25) is 0 Å². The Hall–Kier alpha value is -2.80. The molecule has 5 rings (SSSR count). The maximum atomic E-state index is 11.5. The van der Waals surface area contributed by atoms with Gasteiger partial charge < -0.3 is 10.0 Å². The van der Waals surface area contributed by atoms with E-state index in [0.717, 1.165) is 30.6 Å². The summed E-state index contributed by atoms with van der Waals surface area (Å²) in [7, 11) is 0. The Balaban J connectivity index is 1.58. The Morgan fingerprint density at radius 1 is 1.14 bits per heavy atom. The van der Waals surface area contributed by atoms with Gasteiger partial charge in [0.2, 0.25) is 0 Å². The zero-order chi connectivity index (χ0) is 20.6. The van der Waals surface area contributed by atoms with Crippen LogP contribution in [0.3, 0.4) is 0 Å². The van der Waals surface area contributed by atoms with Crippen molar-refractivity contribution in [3.8, 4) is 6.07 Å². The van der Waals surface area contributed by atoms with E-state index < -0.39 is 5.97 Å². The van der Waals surface area contributed by atoms with E-state index in [1.54, 1.807) is 0 Å². The zero-order valence-corrected chi connectivity index (χ0v) is 17.2. The van der Waals surface area contributed by atoms with Crippen LogP contribution in [0.4, 0.5) is 5.69 Å². The standard InChI is InChI=1S/C25H28N2O2/c1-25(2)22-15-23(25)20(21(16-26)24(28)29)14-18(22)9-6-17-7-10-19(11-8-17)27-12-4-3-5-13-27/h6-11,14,22-23H,3-5,12-13,15H2,1-2H3,(H,28,29)/b9-6+,21-20-. The van der Waals surface area contributed by atoms with E-state index in [4.69, 9.17) is 0 Å². The van der Waals surface area contributed by atoms with Crippen LogP contribution in [0.25, 0.3) is 6.08 Å². The molecule has 0 radical (unpaired) electrons. The third kappa shape index (κ3) is 3.51. The summed E-state index contributed by atoms with van der Waals surface area (Å²) < 4.78 is 0. The number of nitriles is 1. The van der Waals surface area contributed by atoms with Gasteiger partial charge >= 0.3 is 5.97 Å². The van der Waals surface area contributed by atoms with Crippen molar-refractivity contribution in [2.45, 2.75) is 39.5 Å². The third-order valence-corrected chi connectivity index (χ3v) is 7.06. The summed E-state index contributed by atoms with van der Waals surface area (Å²) in [4.78, 5) is 14.0. The number of nitrogens with zero attached hydrogens (tertiary/aromatic N) is 2. The smallest absolute Gasteiger partial charge is 0.346 e. The van der Waals surface area contributed by atoms with E-state index >= 15 is 0 Å². The van der Waals surface area contributed by atoms with Crippen LogP contribution in [0.15, 0.2) is 53.1 Å². The van der Waals surface area contributed by atoms with E-state index in [1.807, 2.05) is 12.1 Å². The van der Waals surface area contributed by atoms with Crippen LogP contribution >= 0.6 is 0 Å². The Bertz CT molecular complexity index is 938. The SMILES string of the molecule is CC1(C)C2CC1/C(=C(/C#N)C(=O)O)C=C2/C=C/c1ccc(N2CCCCC2)cc1. The lowest BCUT2D eigenvalue weighted by molar-refractivity contribution is -0.132. The highest BCUT2D eigenvalue weighted by molar-refractivity contribution is 5.93. The quantitative estimate of drug-likeness (QED) is 0.569. The van der Waals surface area contributed by atoms with Gasteiger partial charge in [-0.1, -0.05) is 44.2 Å². The molecule has 1 aromatic carbocycles. The van der Waals surface area contributed by atoms with Crippen molar-refractivity contribution in [3.63, 3.8) is 0 Å². The summed E-state index contributed by atoms with van der Waals surface area (Å²) in [5.74, 6) is -0.565.